The maximum atomic E-state index is 12.8. The van der Waals surface area contributed by atoms with Crippen LogP contribution in [0.1, 0.15) is 29.3 Å². The Hall–Kier alpha value is -2.54. The highest BCUT2D eigenvalue weighted by atomic mass is 35.5. The number of hydrogen-bond acceptors (Lipinski definition) is 3. The number of Topliss-reactive ketones (excluding diaryl/α,β-unsaturated/α-hetero) is 1. The van der Waals surface area contributed by atoms with Crippen molar-refractivity contribution in [2.75, 3.05) is 17.2 Å². The minimum absolute atomic E-state index is 0.0188. The molecule has 0 spiro atoms. The Morgan fingerprint density at radius 2 is 1.81 bits per heavy atom. The van der Waals surface area contributed by atoms with Crippen LogP contribution in [0.3, 0.4) is 0 Å². The number of alkyl halides is 3. The SMILES string of the molecule is CC(=O)c1cccc(NCCC(=O)Nc2ccc(Cl)c(C(F)(F)F)c2)c1. The molecule has 2 aromatic carbocycles. The van der Waals surface area contributed by atoms with Gasteiger partial charge >= 0.3 is 6.18 Å². The molecule has 0 heterocycles. The number of hydrogen-bond donors (Lipinski definition) is 2. The molecule has 0 aliphatic carbocycles. The second-order valence-corrected chi connectivity index (χ2v) is 5.96. The van der Waals surface area contributed by atoms with Gasteiger partial charge in [0.2, 0.25) is 5.91 Å². The molecule has 0 saturated heterocycles. The van der Waals surface area contributed by atoms with Crippen molar-refractivity contribution in [1.82, 2.24) is 0 Å². The Kier molecular flexibility index (Phi) is 6.26. The van der Waals surface area contributed by atoms with Gasteiger partial charge in [0.25, 0.3) is 0 Å². The summed E-state index contributed by atoms with van der Waals surface area (Å²) in [5, 5.41) is 4.96. The lowest BCUT2D eigenvalue weighted by Crippen LogP contribution is -2.17. The van der Waals surface area contributed by atoms with Crippen LogP contribution in [0.15, 0.2) is 42.5 Å². The lowest BCUT2D eigenvalue weighted by atomic mass is 10.1. The molecule has 2 rings (SSSR count). The van der Waals surface area contributed by atoms with Crippen LogP contribution < -0.4 is 10.6 Å². The molecule has 0 aliphatic rings. The summed E-state index contributed by atoms with van der Waals surface area (Å²) in [5.74, 6) is -0.523. The molecular formula is C18H16ClF3N2O2. The van der Waals surface area contributed by atoms with Gasteiger partial charge in [0, 0.05) is 29.9 Å². The normalized spacial score (nSPS) is 11.1. The topological polar surface area (TPSA) is 58.2 Å². The van der Waals surface area contributed by atoms with Gasteiger partial charge in [0.15, 0.2) is 5.78 Å². The van der Waals surface area contributed by atoms with E-state index in [0.29, 0.717) is 11.3 Å². The molecule has 138 valence electrons. The van der Waals surface area contributed by atoms with E-state index in [2.05, 4.69) is 10.6 Å². The molecule has 0 atom stereocenters. The zero-order valence-electron chi connectivity index (χ0n) is 13.8. The van der Waals surface area contributed by atoms with E-state index in [9.17, 15) is 22.8 Å². The number of benzene rings is 2. The molecule has 0 aromatic heterocycles. The summed E-state index contributed by atoms with van der Waals surface area (Å²) in [6, 6.07) is 9.99. The Labute approximate surface area is 153 Å². The predicted molar refractivity (Wildman–Crippen MR) is 94.6 cm³/mol. The molecular weight excluding hydrogens is 369 g/mol. The largest absolute Gasteiger partial charge is 0.417 e. The van der Waals surface area contributed by atoms with Crippen LogP contribution in [-0.4, -0.2) is 18.2 Å². The number of nitrogens with one attached hydrogen (secondary N) is 2. The van der Waals surface area contributed by atoms with Crippen LogP contribution in [0.4, 0.5) is 24.5 Å². The Balaban J connectivity index is 1.91. The van der Waals surface area contributed by atoms with E-state index in [1.54, 1.807) is 24.3 Å². The molecule has 0 fully saturated rings. The van der Waals surface area contributed by atoms with E-state index in [0.717, 1.165) is 12.1 Å². The number of halogens is 4. The minimum Gasteiger partial charge on any atom is -0.385 e. The Morgan fingerprint density at radius 1 is 1.08 bits per heavy atom. The number of amides is 1. The van der Waals surface area contributed by atoms with Crippen molar-refractivity contribution in [3.63, 3.8) is 0 Å². The van der Waals surface area contributed by atoms with E-state index >= 15 is 0 Å². The first-order valence-corrected chi connectivity index (χ1v) is 8.06. The molecule has 26 heavy (non-hydrogen) atoms. The van der Waals surface area contributed by atoms with Gasteiger partial charge in [-0.25, -0.2) is 0 Å². The van der Waals surface area contributed by atoms with E-state index in [1.807, 2.05) is 0 Å². The zero-order chi connectivity index (χ0) is 19.3. The van der Waals surface area contributed by atoms with Crippen molar-refractivity contribution in [3.8, 4) is 0 Å². The molecule has 2 N–H and O–H groups in total. The highest BCUT2D eigenvalue weighted by molar-refractivity contribution is 6.31. The third kappa shape index (κ3) is 5.49. The summed E-state index contributed by atoms with van der Waals surface area (Å²) in [6.07, 6.45) is -4.56. The van der Waals surface area contributed by atoms with Crippen LogP contribution in [0.5, 0.6) is 0 Å². The quantitative estimate of drug-likeness (QED) is 0.689. The van der Waals surface area contributed by atoms with Crippen molar-refractivity contribution >= 4 is 34.7 Å². The maximum Gasteiger partial charge on any atom is 0.417 e. The van der Waals surface area contributed by atoms with Gasteiger partial charge in [-0.3, -0.25) is 9.59 Å². The van der Waals surface area contributed by atoms with Crippen LogP contribution in [0, 0.1) is 0 Å². The fourth-order valence-corrected chi connectivity index (χ4v) is 2.44. The summed E-state index contributed by atoms with van der Waals surface area (Å²) in [7, 11) is 0. The molecule has 4 nitrogen and oxygen atoms in total. The van der Waals surface area contributed by atoms with Gasteiger partial charge in [-0.2, -0.15) is 13.2 Å². The zero-order valence-corrected chi connectivity index (χ0v) is 14.5. The lowest BCUT2D eigenvalue weighted by Gasteiger charge is -2.12. The molecule has 2 aromatic rings. The van der Waals surface area contributed by atoms with Gasteiger partial charge in [-0.1, -0.05) is 23.7 Å². The number of carbonyl (C=O) groups is 2. The summed E-state index contributed by atoms with van der Waals surface area (Å²) >= 11 is 5.54. The molecule has 1 amide bonds. The lowest BCUT2D eigenvalue weighted by molar-refractivity contribution is -0.137. The molecule has 8 heteroatoms. The van der Waals surface area contributed by atoms with Crippen LogP contribution in [0.2, 0.25) is 5.02 Å². The summed E-state index contributed by atoms with van der Waals surface area (Å²) in [6.45, 7) is 1.71. The number of rotatable bonds is 6. The molecule has 0 bridgehead atoms. The van der Waals surface area contributed by atoms with Crippen molar-refractivity contribution in [3.05, 3.63) is 58.6 Å². The van der Waals surface area contributed by atoms with Crippen LogP contribution in [0.25, 0.3) is 0 Å². The monoisotopic (exact) mass is 384 g/mol. The van der Waals surface area contributed by atoms with Crippen molar-refractivity contribution in [1.29, 1.82) is 0 Å². The average molecular weight is 385 g/mol. The number of carbonyl (C=O) groups excluding carboxylic acids is 2. The highest BCUT2D eigenvalue weighted by Crippen LogP contribution is 2.36. The number of anilines is 2. The highest BCUT2D eigenvalue weighted by Gasteiger charge is 2.33. The summed E-state index contributed by atoms with van der Waals surface area (Å²) < 4.78 is 38.4. The van der Waals surface area contributed by atoms with E-state index < -0.39 is 22.7 Å². The summed E-state index contributed by atoms with van der Waals surface area (Å²) in [4.78, 5) is 23.2. The Morgan fingerprint density at radius 3 is 2.46 bits per heavy atom. The summed E-state index contributed by atoms with van der Waals surface area (Å²) in [5.41, 5.74) is 0.234. The molecule has 0 aliphatic heterocycles. The predicted octanol–water partition coefficient (Wildman–Crippen LogP) is 5.00. The van der Waals surface area contributed by atoms with Gasteiger partial charge in [0.1, 0.15) is 0 Å². The van der Waals surface area contributed by atoms with Crippen LogP contribution in [-0.2, 0) is 11.0 Å². The smallest absolute Gasteiger partial charge is 0.385 e. The first-order chi connectivity index (χ1) is 12.2. The third-order valence-corrected chi connectivity index (χ3v) is 3.84. The first-order valence-electron chi connectivity index (χ1n) is 7.68. The van der Waals surface area contributed by atoms with E-state index in [-0.39, 0.29) is 24.4 Å². The molecule has 0 radical (unpaired) electrons. The van der Waals surface area contributed by atoms with Gasteiger partial charge < -0.3 is 10.6 Å². The maximum absolute atomic E-state index is 12.8. The van der Waals surface area contributed by atoms with Gasteiger partial charge in [-0.05, 0) is 37.3 Å². The molecule has 0 saturated carbocycles. The number of ketones is 1. The fraction of sp³-hybridized carbons (Fsp3) is 0.222. The van der Waals surface area contributed by atoms with Crippen LogP contribution >= 0.6 is 11.6 Å². The fourth-order valence-electron chi connectivity index (χ4n) is 2.21. The van der Waals surface area contributed by atoms with Crippen molar-refractivity contribution in [2.24, 2.45) is 0 Å². The first kappa shape index (κ1) is 19.8. The standard InChI is InChI=1S/C18H16ClF3N2O2/c1-11(25)12-3-2-4-13(9-12)23-8-7-17(26)24-14-5-6-16(19)15(10-14)18(20,21)22/h2-6,9-10,23H,7-8H2,1H3,(H,24,26). The van der Waals surface area contributed by atoms with E-state index in [1.165, 1.54) is 13.0 Å². The molecule has 0 unspecified atom stereocenters. The van der Waals surface area contributed by atoms with Gasteiger partial charge in [0.05, 0.1) is 10.6 Å². The third-order valence-electron chi connectivity index (χ3n) is 3.51. The minimum atomic E-state index is -4.60. The van der Waals surface area contributed by atoms with E-state index in [4.69, 9.17) is 11.6 Å². The van der Waals surface area contributed by atoms with Gasteiger partial charge in [-0.15, -0.1) is 0 Å². The van der Waals surface area contributed by atoms with Crippen molar-refractivity contribution in [2.45, 2.75) is 19.5 Å². The Bertz CT molecular complexity index is 822. The van der Waals surface area contributed by atoms with Crippen molar-refractivity contribution < 1.29 is 22.8 Å². The second kappa shape index (κ2) is 8.23. The second-order valence-electron chi connectivity index (χ2n) is 5.55. The average Bonchev–Trinajstić information content (AvgIpc) is 2.56.